The van der Waals surface area contributed by atoms with Crippen LogP contribution in [0.5, 0.6) is 0 Å². The Morgan fingerprint density at radius 1 is 0.886 bits per heavy atom. The molecule has 2 amide bonds. The third-order valence-electron chi connectivity index (χ3n) is 6.22. The smallest absolute Gasteiger partial charge is 0.407 e. The highest BCUT2D eigenvalue weighted by atomic mass is 16.5. The first-order chi connectivity index (χ1) is 17.0. The minimum Gasteiger partial charge on any atom is -0.481 e. The SMILES string of the molecule is COC(CNC(=O)OCC1c2ccccc2-c2ccccc21)C(=O)NCCCCCCCC(=O)O. The van der Waals surface area contributed by atoms with E-state index in [-0.39, 0.29) is 31.4 Å². The predicted octanol–water partition coefficient (Wildman–Crippen LogP) is 4.08. The summed E-state index contributed by atoms with van der Waals surface area (Å²) in [4.78, 5) is 35.2. The van der Waals surface area contributed by atoms with Crippen molar-refractivity contribution in [2.24, 2.45) is 0 Å². The van der Waals surface area contributed by atoms with Crippen LogP contribution in [-0.2, 0) is 19.1 Å². The molecule has 8 nitrogen and oxygen atoms in total. The number of fused-ring (bicyclic) bond motifs is 3. The molecule has 3 rings (SSSR count). The first-order valence-electron chi connectivity index (χ1n) is 12.1. The molecule has 2 aromatic rings. The van der Waals surface area contributed by atoms with Gasteiger partial charge in [0, 0.05) is 26.0 Å². The number of hydrogen-bond acceptors (Lipinski definition) is 5. The molecular formula is C27H34N2O6. The average Bonchev–Trinajstić information content (AvgIpc) is 3.18. The average molecular weight is 483 g/mol. The molecule has 0 fully saturated rings. The first kappa shape index (κ1) is 26.2. The zero-order chi connectivity index (χ0) is 25.0. The summed E-state index contributed by atoms with van der Waals surface area (Å²) in [5.74, 6) is -1.09. The van der Waals surface area contributed by atoms with Crippen LogP contribution in [0.2, 0.25) is 0 Å². The summed E-state index contributed by atoms with van der Waals surface area (Å²) in [5, 5.41) is 14.1. The zero-order valence-electron chi connectivity index (χ0n) is 20.1. The highest BCUT2D eigenvalue weighted by molar-refractivity contribution is 5.82. The molecule has 0 aromatic heterocycles. The maximum atomic E-state index is 12.3. The summed E-state index contributed by atoms with van der Waals surface area (Å²) in [6, 6.07) is 16.3. The van der Waals surface area contributed by atoms with Gasteiger partial charge in [0.1, 0.15) is 6.61 Å². The number of unbranched alkanes of at least 4 members (excludes halogenated alkanes) is 4. The number of ether oxygens (including phenoxy) is 2. The third-order valence-corrected chi connectivity index (χ3v) is 6.22. The van der Waals surface area contributed by atoms with Crippen molar-refractivity contribution in [1.82, 2.24) is 10.6 Å². The zero-order valence-corrected chi connectivity index (χ0v) is 20.1. The van der Waals surface area contributed by atoms with Crippen molar-refractivity contribution in [3.05, 3.63) is 59.7 Å². The lowest BCUT2D eigenvalue weighted by Crippen LogP contribution is -2.44. The van der Waals surface area contributed by atoms with E-state index in [1.807, 2.05) is 24.3 Å². The van der Waals surface area contributed by atoms with Gasteiger partial charge >= 0.3 is 12.1 Å². The molecule has 0 saturated carbocycles. The summed E-state index contributed by atoms with van der Waals surface area (Å²) in [5.41, 5.74) is 4.59. The number of nitrogens with one attached hydrogen (secondary N) is 2. The Kier molecular flexibility index (Phi) is 10.1. The third kappa shape index (κ3) is 7.55. The van der Waals surface area contributed by atoms with E-state index in [0.29, 0.717) is 13.0 Å². The van der Waals surface area contributed by atoms with Gasteiger partial charge in [0.2, 0.25) is 0 Å². The van der Waals surface area contributed by atoms with Crippen molar-refractivity contribution >= 4 is 18.0 Å². The largest absolute Gasteiger partial charge is 0.481 e. The molecular weight excluding hydrogens is 448 g/mol. The van der Waals surface area contributed by atoms with Gasteiger partial charge in [0.05, 0.1) is 6.54 Å². The first-order valence-corrected chi connectivity index (χ1v) is 12.1. The molecule has 0 saturated heterocycles. The second-order valence-electron chi connectivity index (χ2n) is 8.63. The number of carbonyl (C=O) groups is 3. The highest BCUT2D eigenvalue weighted by Gasteiger charge is 2.29. The van der Waals surface area contributed by atoms with Crippen LogP contribution in [0.1, 0.15) is 55.6 Å². The second kappa shape index (κ2) is 13.5. The molecule has 8 heteroatoms. The van der Waals surface area contributed by atoms with Gasteiger partial charge in [-0.05, 0) is 35.1 Å². The van der Waals surface area contributed by atoms with Gasteiger partial charge in [-0.25, -0.2) is 4.79 Å². The van der Waals surface area contributed by atoms with Gasteiger partial charge in [0.15, 0.2) is 6.10 Å². The van der Waals surface area contributed by atoms with E-state index < -0.39 is 18.2 Å². The number of amides is 2. The van der Waals surface area contributed by atoms with Gasteiger partial charge < -0.3 is 25.2 Å². The summed E-state index contributed by atoms with van der Waals surface area (Å²) in [6.07, 6.45) is 2.97. The number of carboxylic acids is 1. The normalized spacial score (nSPS) is 12.9. The van der Waals surface area contributed by atoms with Crippen molar-refractivity contribution < 1.29 is 29.0 Å². The summed E-state index contributed by atoms with van der Waals surface area (Å²) in [7, 11) is 1.42. The monoisotopic (exact) mass is 482 g/mol. The molecule has 1 unspecified atom stereocenters. The summed E-state index contributed by atoms with van der Waals surface area (Å²) < 4.78 is 10.7. The Hall–Kier alpha value is -3.39. The van der Waals surface area contributed by atoms with Crippen molar-refractivity contribution in [3.8, 4) is 11.1 Å². The van der Waals surface area contributed by atoms with Crippen LogP contribution in [0.25, 0.3) is 11.1 Å². The van der Waals surface area contributed by atoms with E-state index in [9.17, 15) is 14.4 Å². The number of alkyl carbamates (subject to hydrolysis) is 1. The molecule has 1 aliphatic carbocycles. The Morgan fingerprint density at radius 3 is 2.11 bits per heavy atom. The van der Waals surface area contributed by atoms with Gasteiger partial charge in [0.25, 0.3) is 5.91 Å². The van der Waals surface area contributed by atoms with Gasteiger partial charge in [-0.3, -0.25) is 9.59 Å². The molecule has 0 radical (unpaired) electrons. The lowest BCUT2D eigenvalue weighted by Gasteiger charge is -2.17. The molecule has 1 atom stereocenters. The Bertz CT molecular complexity index is 963. The summed E-state index contributed by atoms with van der Waals surface area (Å²) >= 11 is 0. The maximum absolute atomic E-state index is 12.3. The van der Waals surface area contributed by atoms with E-state index in [1.165, 1.54) is 7.11 Å². The van der Waals surface area contributed by atoms with Crippen LogP contribution >= 0.6 is 0 Å². The molecule has 0 spiro atoms. The second-order valence-corrected chi connectivity index (χ2v) is 8.63. The van der Waals surface area contributed by atoms with E-state index in [2.05, 4.69) is 34.9 Å². The molecule has 35 heavy (non-hydrogen) atoms. The van der Waals surface area contributed by atoms with E-state index >= 15 is 0 Å². The molecule has 188 valence electrons. The number of hydrogen-bond donors (Lipinski definition) is 3. The molecule has 1 aliphatic rings. The molecule has 2 aromatic carbocycles. The van der Waals surface area contributed by atoms with Crippen LogP contribution in [0.4, 0.5) is 4.79 Å². The summed E-state index contributed by atoms with van der Waals surface area (Å²) in [6.45, 7) is 0.715. The fourth-order valence-electron chi connectivity index (χ4n) is 4.37. The Morgan fingerprint density at radius 2 is 1.49 bits per heavy atom. The van der Waals surface area contributed by atoms with Crippen LogP contribution in [0, 0.1) is 0 Å². The standard InChI is InChI=1S/C27H34N2O6/c1-34-24(26(32)28-16-10-4-2-3-5-15-25(30)31)17-29-27(33)35-18-23-21-13-8-6-11-19(21)20-12-7-9-14-22(20)23/h6-9,11-14,23-24H,2-5,10,15-18H2,1H3,(H,28,32)(H,29,33)(H,30,31). The van der Waals surface area contributed by atoms with Crippen molar-refractivity contribution in [3.63, 3.8) is 0 Å². The highest BCUT2D eigenvalue weighted by Crippen LogP contribution is 2.44. The van der Waals surface area contributed by atoms with Crippen LogP contribution < -0.4 is 10.6 Å². The number of rotatable bonds is 14. The van der Waals surface area contributed by atoms with E-state index in [1.54, 1.807) is 0 Å². The number of aliphatic carboxylic acids is 1. The fourth-order valence-corrected chi connectivity index (χ4v) is 4.37. The number of carboxylic acid groups (broad SMARTS) is 1. The van der Waals surface area contributed by atoms with E-state index in [4.69, 9.17) is 14.6 Å². The number of methoxy groups -OCH3 is 1. The molecule has 0 aliphatic heterocycles. The van der Waals surface area contributed by atoms with Crippen molar-refractivity contribution in [2.75, 3.05) is 26.8 Å². The van der Waals surface area contributed by atoms with Crippen LogP contribution in [0.15, 0.2) is 48.5 Å². The lowest BCUT2D eigenvalue weighted by molar-refractivity contribution is -0.137. The lowest BCUT2D eigenvalue weighted by atomic mass is 9.98. The topological polar surface area (TPSA) is 114 Å². The van der Waals surface area contributed by atoms with Gasteiger partial charge in [-0.15, -0.1) is 0 Å². The molecule has 0 heterocycles. The number of benzene rings is 2. The minimum atomic E-state index is -0.814. The predicted molar refractivity (Wildman–Crippen MR) is 132 cm³/mol. The Labute approximate surface area is 206 Å². The van der Waals surface area contributed by atoms with Crippen LogP contribution in [-0.4, -0.2) is 56.0 Å². The van der Waals surface area contributed by atoms with Crippen molar-refractivity contribution in [1.29, 1.82) is 0 Å². The molecule has 0 bridgehead atoms. The maximum Gasteiger partial charge on any atom is 0.407 e. The van der Waals surface area contributed by atoms with Gasteiger partial charge in [-0.1, -0.05) is 67.8 Å². The number of carbonyl (C=O) groups excluding carboxylic acids is 2. The van der Waals surface area contributed by atoms with Gasteiger partial charge in [-0.2, -0.15) is 0 Å². The van der Waals surface area contributed by atoms with E-state index in [0.717, 1.165) is 47.9 Å². The van der Waals surface area contributed by atoms with Crippen molar-refractivity contribution in [2.45, 2.75) is 50.5 Å². The minimum absolute atomic E-state index is 0.00813. The Balaban J connectivity index is 1.36. The van der Waals surface area contributed by atoms with Crippen LogP contribution in [0.3, 0.4) is 0 Å². The quantitative estimate of drug-likeness (QED) is 0.350. The molecule has 3 N–H and O–H groups in total. The fraction of sp³-hybridized carbons (Fsp3) is 0.444.